The monoisotopic (exact) mass is 283 g/mol. The molecular formula is C17H33NO2. The van der Waals surface area contributed by atoms with Crippen molar-refractivity contribution in [3.05, 3.63) is 0 Å². The maximum Gasteiger partial charge on any atom is 0.0677 e. The summed E-state index contributed by atoms with van der Waals surface area (Å²) in [5, 5.41) is 3.54. The van der Waals surface area contributed by atoms with Gasteiger partial charge in [-0.3, -0.25) is 0 Å². The molecule has 3 atom stereocenters. The van der Waals surface area contributed by atoms with Gasteiger partial charge >= 0.3 is 0 Å². The van der Waals surface area contributed by atoms with Crippen LogP contribution in [0.2, 0.25) is 0 Å². The molecule has 0 aromatic heterocycles. The van der Waals surface area contributed by atoms with Gasteiger partial charge in [0, 0.05) is 18.6 Å². The molecule has 0 aromatic rings. The highest BCUT2D eigenvalue weighted by atomic mass is 16.5. The molecule has 2 rings (SSSR count). The van der Waals surface area contributed by atoms with E-state index in [-0.39, 0.29) is 11.2 Å². The Morgan fingerprint density at radius 2 is 1.95 bits per heavy atom. The fourth-order valence-corrected chi connectivity index (χ4v) is 4.18. The molecule has 0 bridgehead atoms. The van der Waals surface area contributed by atoms with Crippen LogP contribution in [0, 0.1) is 5.92 Å². The van der Waals surface area contributed by atoms with Crippen molar-refractivity contribution in [2.75, 3.05) is 13.7 Å². The van der Waals surface area contributed by atoms with E-state index < -0.39 is 0 Å². The molecule has 1 N–H and O–H groups in total. The van der Waals surface area contributed by atoms with Crippen molar-refractivity contribution in [3.8, 4) is 0 Å². The molecule has 3 heteroatoms. The van der Waals surface area contributed by atoms with Crippen LogP contribution in [0.4, 0.5) is 0 Å². The first-order valence-corrected chi connectivity index (χ1v) is 8.33. The lowest BCUT2D eigenvalue weighted by atomic mass is 9.79. The van der Waals surface area contributed by atoms with E-state index >= 15 is 0 Å². The summed E-state index contributed by atoms with van der Waals surface area (Å²) in [6, 6.07) is 0.525. The molecule has 0 radical (unpaired) electrons. The number of ether oxygens (including phenoxy) is 2. The first-order chi connectivity index (χ1) is 9.34. The third kappa shape index (κ3) is 3.96. The van der Waals surface area contributed by atoms with Crippen molar-refractivity contribution >= 4 is 0 Å². The minimum atomic E-state index is -0.0371. The first kappa shape index (κ1) is 16.3. The smallest absolute Gasteiger partial charge is 0.0677 e. The summed E-state index contributed by atoms with van der Waals surface area (Å²) in [7, 11) is 2.09. The molecule has 0 aromatic carbocycles. The van der Waals surface area contributed by atoms with E-state index in [1.165, 1.54) is 32.1 Å². The Hall–Kier alpha value is -0.120. The highest BCUT2D eigenvalue weighted by Gasteiger charge is 2.48. The van der Waals surface area contributed by atoms with Crippen LogP contribution >= 0.6 is 0 Å². The largest absolute Gasteiger partial charge is 0.378 e. The van der Waals surface area contributed by atoms with Gasteiger partial charge in [-0.25, -0.2) is 0 Å². The predicted molar refractivity (Wildman–Crippen MR) is 83.0 cm³/mol. The number of hydrogen-bond acceptors (Lipinski definition) is 3. The molecule has 0 spiro atoms. The average Bonchev–Trinajstić information content (AvgIpc) is 2.60. The third-order valence-electron chi connectivity index (χ3n) is 5.07. The molecule has 0 aliphatic carbocycles. The van der Waals surface area contributed by atoms with E-state index in [0.717, 1.165) is 13.0 Å². The van der Waals surface area contributed by atoms with Gasteiger partial charge in [-0.2, -0.15) is 0 Å². The summed E-state index contributed by atoms with van der Waals surface area (Å²) < 4.78 is 12.1. The van der Waals surface area contributed by atoms with Crippen molar-refractivity contribution < 1.29 is 9.47 Å². The van der Waals surface area contributed by atoms with Crippen molar-refractivity contribution in [3.63, 3.8) is 0 Å². The second-order valence-electron chi connectivity index (χ2n) is 7.74. The van der Waals surface area contributed by atoms with Crippen LogP contribution in [0.15, 0.2) is 0 Å². The minimum absolute atomic E-state index is 0.00457. The molecule has 0 saturated carbocycles. The lowest BCUT2D eigenvalue weighted by Crippen LogP contribution is -2.43. The van der Waals surface area contributed by atoms with Gasteiger partial charge in [-0.05, 0) is 73.3 Å². The number of rotatable bonds is 5. The topological polar surface area (TPSA) is 30.5 Å². The molecule has 118 valence electrons. The zero-order chi connectivity index (χ0) is 14.8. The van der Waals surface area contributed by atoms with Gasteiger partial charge in [0.15, 0.2) is 0 Å². The zero-order valence-corrected chi connectivity index (χ0v) is 14.0. The van der Waals surface area contributed by atoms with E-state index in [4.69, 9.17) is 9.47 Å². The van der Waals surface area contributed by atoms with Crippen LogP contribution < -0.4 is 5.32 Å². The van der Waals surface area contributed by atoms with Gasteiger partial charge in [-0.15, -0.1) is 0 Å². The van der Waals surface area contributed by atoms with Crippen LogP contribution in [0.5, 0.6) is 0 Å². The summed E-state index contributed by atoms with van der Waals surface area (Å²) >= 11 is 0. The number of nitrogens with one attached hydrogen (secondary N) is 1. The highest BCUT2D eigenvalue weighted by molar-refractivity contribution is 4.99. The molecule has 3 unspecified atom stereocenters. The summed E-state index contributed by atoms with van der Waals surface area (Å²) in [5.41, 5.74) is -0.0325. The molecule has 2 aliphatic heterocycles. The second kappa shape index (κ2) is 6.33. The summed E-state index contributed by atoms with van der Waals surface area (Å²) in [4.78, 5) is 0. The van der Waals surface area contributed by atoms with Crippen LogP contribution in [-0.2, 0) is 9.47 Å². The molecule has 2 heterocycles. The van der Waals surface area contributed by atoms with Gasteiger partial charge < -0.3 is 14.8 Å². The second-order valence-corrected chi connectivity index (χ2v) is 7.74. The first-order valence-electron chi connectivity index (χ1n) is 8.33. The van der Waals surface area contributed by atoms with E-state index in [2.05, 4.69) is 40.1 Å². The highest BCUT2D eigenvalue weighted by Crippen LogP contribution is 2.44. The zero-order valence-electron chi connectivity index (χ0n) is 14.0. The molecule has 2 saturated heterocycles. The van der Waals surface area contributed by atoms with Crippen molar-refractivity contribution in [2.24, 2.45) is 5.92 Å². The van der Waals surface area contributed by atoms with Crippen molar-refractivity contribution in [1.82, 2.24) is 5.32 Å². The summed E-state index contributed by atoms with van der Waals surface area (Å²) in [6.45, 7) is 9.87. The fourth-order valence-electron chi connectivity index (χ4n) is 4.18. The van der Waals surface area contributed by atoms with Crippen molar-refractivity contribution in [2.45, 2.75) is 89.6 Å². The Balaban J connectivity index is 1.90. The molecule has 0 amide bonds. The average molecular weight is 283 g/mol. The molecular weight excluding hydrogens is 250 g/mol. The Morgan fingerprint density at radius 1 is 1.20 bits per heavy atom. The summed E-state index contributed by atoms with van der Waals surface area (Å²) in [5.74, 6) is 0.575. The van der Waals surface area contributed by atoms with E-state index in [1.54, 1.807) is 0 Å². The molecule has 2 fully saturated rings. The van der Waals surface area contributed by atoms with E-state index in [1.807, 2.05) is 0 Å². The van der Waals surface area contributed by atoms with Crippen LogP contribution in [0.25, 0.3) is 0 Å². The Bertz CT molecular complexity index is 308. The van der Waals surface area contributed by atoms with E-state index in [0.29, 0.717) is 18.1 Å². The lowest BCUT2D eigenvalue weighted by Gasteiger charge is -2.34. The Morgan fingerprint density at radius 3 is 2.45 bits per heavy atom. The Labute approximate surface area is 124 Å². The van der Waals surface area contributed by atoms with Gasteiger partial charge in [0.25, 0.3) is 0 Å². The predicted octanol–water partition coefficient (Wildman–Crippen LogP) is 3.52. The van der Waals surface area contributed by atoms with Crippen LogP contribution in [0.1, 0.15) is 66.2 Å². The van der Waals surface area contributed by atoms with E-state index in [9.17, 15) is 0 Å². The van der Waals surface area contributed by atoms with Gasteiger partial charge in [-0.1, -0.05) is 0 Å². The SMILES string of the molecule is CNC(CCC1CCCCO1)C1CC(C)(C)OC1(C)C. The lowest BCUT2D eigenvalue weighted by molar-refractivity contribution is -0.0783. The minimum Gasteiger partial charge on any atom is -0.378 e. The molecule has 3 nitrogen and oxygen atoms in total. The van der Waals surface area contributed by atoms with Crippen LogP contribution in [0.3, 0.4) is 0 Å². The van der Waals surface area contributed by atoms with Crippen molar-refractivity contribution in [1.29, 1.82) is 0 Å². The molecule has 20 heavy (non-hydrogen) atoms. The Kier molecular flexibility index (Phi) is 5.14. The quantitative estimate of drug-likeness (QED) is 0.837. The van der Waals surface area contributed by atoms with Gasteiger partial charge in [0.2, 0.25) is 0 Å². The molecule has 2 aliphatic rings. The normalized spacial score (nSPS) is 34.0. The van der Waals surface area contributed by atoms with Crippen LogP contribution in [-0.4, -0.2) is 37.0 Å². The maximum atomic E-state index is 6.25. The third-order valence-corrected chi connectivity index (χ3v) is 5.07. The fraction of sp³-hybridized carbons (Fsp3) is 1.00. The van der Waals surface area contributed by atoms with Gasteiger partial charge in [0.1, 0.15) is 0 Å². The number of hydrogen-bond donors (Lipinski definition) is 1. The van der Waals surface area contributed by atoms with Gasteiger partial charge in [0.05, 0.1) is 17.3 Å². The summed E-state index contributed by atoms with van der Waals surface area (Å²) in [6.07, 6.45) is 7.80. The maximum absolute atomic E-state index is 6.25. The standard InChI is InChI=1S/C17H33NO2/c1-16(2)12-14(17(3,4)20-16)15(18-5)10-9-13-8-6-7-11-19-13/h13-15,18H,6-12H2,1-5H3.